The van der Waals surface area contributed by atoms with Gasteiger partial charge < -0.3 is 10.5 Å². The fourth-order valence-corrected chi connectivity index (χ4v) is 1.86. The molecule has 3 heteroatoms. The van der Waals surface area contributed by atoms with Crippen LogP contribution in [0.1, 0.15) is 35.7 Å². The zero-order valence-electron chi connectivity index (χ0n) is 11.6. The van der Waals surface area contributed by atoms with Crippen LogP contribution in [-0.4, -0.2) is 12.4 Å². The Bertz CT molecular complexity index is 576. The van der Waals surface area contributed by atoms with E-state index < -0.39 is 0 Å². The predicted molar refractivity (Wildman–Crippen MR) is 81.1 cm³/mol. The summed E-state index contributed by atoms with van der Waals surface area (Å²) in [5.74, 6) is 0.714. The summed E-state index contributed by atoms with van der Waals surface area (Å²) in [4.78, 5) is 12.3. The highest BCUT2D eigenvalue weighted by Gasteiger charge is 2.09. The van der Waals surface area contributed by atoms with Gasteiger partial charge in [-0.1, -0.05) is 25.5 Å². The molecule has 0 radical (unpaired) electrons. The lowest BCUT2D eigenvalue weighted by atomic mass is 10.0. The van der Waals surface area contributed by atoms with E-state index in [1.165, 1.54) is 0 Å². The number of hydrogen-bond acceptors (Lipinski definition) is 3. The van der Waals surface area contributed by atoms with Crippen molar-refractivity contribution >= 4 is 11.5 Å². The van der Waals surface area contributed by atoms with Crippen molar-refractivity contribution in [2.24, 2.45) is 0 Å². The minimum absolute atomic E-state index is 0.0223. The number of hydrogen-bond donors (Lipinski definition) is 1. The lowest BCUT2D eigenvalue weighted by molar-refractivity contribution is 0.103. The predicted octanol–water partition coefficient (Wildman–Crippen LogP) is 3.68. The van der Waals surface area contributed by atoms with E-state index in [-0.39, 0.29) is 5.78 Å². The largest absolute Gasteiger partial charge is 0.494 e. The molecule has 0 heterocycles. The van der Waals surface area contributed by atoms with Gasteiger partial charge in [-0.25, -0.2) is 0 Å². The van der Waals surface area contributed by atoms with Crippen LogP contribution >= 0.6 is 0 Å². The average Bonchev–Trinajstić information content (AvgIpc) is 2.48. The fourth-order valence-electron chi connectivity index (χ4n) is 1.86. The number of nitrogens with two attached hydrogens (primary N) is 1. The highest BCUT2D eigenvalue weighted by Crippen LogP contribution is 2.17. The molecule has 0 amide bonds. The highest BCUT2D eigenvalue weighted by atomic mass is 16.5. The first-order valence-electron chi connectivity index (χ1n) is 6.84. The van der Waals surface area contributed by atoms with E-state index in [1.807, 2.05) is 12.1 Å². The SMILES string of the molecule is CCCCOc1cccc(C(=O)c2ccc(N)cc2)c1. The van der Waals surface area contributed by atoms with Crippen LogP contribution in [0.2, 0.25) is 0 Å². The van der Waals surface area contributed by atoms with Crippen molar-refractivity contribution in [3.63, 3.8) is 0 Å². The quantitative estimate of drug-likeness (QED) is 0.494. The maximum Gasteiger partial charge on any atom is 0.193 e. The van der Waals surface area contributed by atoms with Crippen LogP contribution in [0.5, 0.6) is 5.75 Å². The van der Waals surface area contributed by atoms with Crippen molar-refractivity contribution in [1.82, 2.24) is 0 Å². The van der Waals surface area contributed by atoms with Crippen molar-refractivity contribution in [3.8, 4) is 5.75 Å². The maximum absolute atomic E-state index is 12.3. The van der Waals surface area contributed by atoms with Crippen LogP contribution in [-0.2, 0) is 0 Å². The van der Waals surface area contributed by atoms with E-state index in [1.54, 1.807) is 36.4 Å². The van der Waals surface area contributed by atoms with Gasteiger partial charge in [0.1, 0.15) is 5.75 Å². The van der Waals surface area contributed by atoms with Crippen LogP contribution in [0.25, 0.3) is 0 Å². The summed E-state index contributed by atoms with van der Waals surface area (Å²) in [5, 5.41) is 0. The summed E-state index contributed by atoms with van der Waals surface area (Å²) in [7, 11) is 0. The Labute approximate surface area is 119 Å². The number of rotatable bonds is 6. The lowest BCUT2D eigenvalue weighted by Gasteiger charge is -2.07. The third-order valence-corrected chi connectivity index (χ3v) is 3.04. The smallest absolute Gasteiger partial charge is 0.193 e. The van der Waals surface area contributed by atoms with Crippen molar-refractivity contribution in [2.45, 2.75) is 19.8 Å². The summed E-state index contributed by atoms with van der Waals surface area (Å²) >= 11 is 0. The molecule has 0 spiro atoms. The molecule has 104 valence electrons. The van der Waals surface area contributed by atoms with E-state index in [9.17, 15) is 4.79 Å². The van der Waals surface area contributed by atoms with Crippen molar-refractivity contribution in [3.05, 3.63) is 59.7 Å². The minimum Gasteiger partial charge on any atom is -0.494 e. The van der Waals surface area contributed by atoms with E-state index in [0.29, 0.717) is 23.4 Å². The second-order valence-corrected chi connectivity index (χ2v) is 4.68. The fraction of sp³-hybridized carbons (Fsp3) is 0.235. The molecule has 0 aliphatic carbocycles. The topological polar surface area (TPSA) is 52.3 Å². The summed E-state index contributed by atoms with van der Waals surface area (Å²) in [5.41, 5.74) is 7.54. The van der Waals surface area contributed by atoms with Crippen molar-refractivity contribution in [2.75, 3.05) is 12.3 Å². The molecule has 2 aromatic carbocycles. The molecular formula is C17H19NO2. The molecule has 0 saturated heterocycles. The Balaban J connectivity index is 2.13. The third-order valence-electron chi connectivity index (χ3n) is 3.04. The molecule has 0 unspecified atom stereocenters. The molecule has 2 rings (SSSR count). The number of unbranched alkanes of at least 4 members (excludes halogenated alkanes) is 1. The van der Waals surface area contributed by atoms with Crippen LogP contribution < -0.4 is 10.5 Å². The van der Waals surface area contributed by atoms with Gasteiger partial charge in [0.2, 0.25) is 0 Å². The molecule has 0 aliphatic rings. The zero-order chi connectivity index (χ0) is 14.4. The van der Waals surface area contributed by atoms with Gasteiger partial charge in [-0.15, -0.1) is 0 Å². The summed E-state index contributed by atoms with van der Waals surface area (Å²) in [6, 6.07) is 14.2. The molecule has 0 bridgehead atoms. The van der Waals surface area contributed by atoms with E-state index in [2.05, 4.69) is 6.92 Å². The second kappa shape index (κ2) is 6.75. The molecule has 2 aromatic rings. The lowest BCUT2D eigenvalue weighted by Crippen LogP contribution is -2.03. The Hall–Kier alpha value is -2.29. The van der Waals surface area contributed by atoms with Gasteiger partial charge in [0, 0.05) is 16.8 Å². The summed E-state index contributed by atoms with van der Waals surface area (Å²) in [6.45, 7) is 2.79. The van der Waals surface area contributed by atoms with Crippen LogP contribution in [0, 0.1) is 0 Å². The van der Waals surface area contributed by atoms with Crippen LogP contribution in [0.3, 0.4) is 0 Å². The molecule has 0 aliphatic heterocycles. The molecule has 0 aromatic heterocycles. The molecule has 3 nitrogen and oxygen atoms in total. The standard InChI is InChI=1S/C17H19NO2/c1-2-3-11-20-16-6-4-5-14(12-16)17(19)13-7-9-15(18)10-8-13/h4-10,12H,2-3,11,18H2,1H3. The van der Waals surface area contributed by atoms with Gasteiger partial charge in [0.05, 0.1) is 6.61 Å². The number of carbonyl (C=O) groups excluding carboxylic acids is 1. The molecule has 0 atom stereocenters. The first-order chi connectivity index (χ1) is 9.70. The van der Waals surface area contributed by atoms with Gasteiger partial charge in [-0.2, -0.15) is 0 Å². The van der Waals surface area contributed by atoms with Gasteiger partial charge >= 0.3 is 0 Å². The molecular weight excluding hydrogens is 250 g/mol. The van der Waals surface area contributed by atoms with Gasteiger partial charge in [-0.05, 0) is 42.8 Å². The Morgan fingerprint density at radius 1 is 1.10 bits per heavy atom. The van der Waals surface area contributed by atoms with Crippen LogP contribution in [0.4, 0.5) is 5.69 Å². The first-order valence-corrected chi connectivity index (χ1v) is 6.84. The molecule has 20 heavy (non-hydrogen) atoms. The molecule has 2 N–H and O–H groups in total. The number of nitrogen functional groups attached to an aromatic ring is 1. The number of benzene rings is 2. The van der Waals surface area contributed by atoms with Gasteiger partial charge in [0.15, 0.2) is 5.78 Å². The Morgan fingerprint density at radius 2 is 1.85 bits per heavy atom. The van der Waals surface area contributed by atoms with E-state index >= 15 is 0 Å². The van der Waals surface area contributed by atoms with Crippen molar-refractivity contribution in [1.29, 1.82) is 0 Å². The number of ketones is 1. The summed E-state index contributed by atoms with van der Waals surface area (Å²) in [6.07, 6.45) is 2.10. The third kappa shape index (κ3) is 3.60. The minimum atomic E-state index is -0.0223. The normalized spacial score (nSPS) is 10.2. The first kappa shape index (κ1) is 14.1. The monoisotopic (exact) mass is 269 g/mol. The van der Waals surface area contributed by atoms with Crippen LogP contribution in [0.15, 0.2) is 48.5 Å². The number of anilines is 1. The van der Waals surface area contributed by atoms with Crippen molar-refractivity contribution < 1.29 is 9.53 Å². The number of ether oxygens (including phenoxy) is 1. The number of carbonyl (C=O) groups is 1. The van der Waals surface area contributed by atoms with Gasteiger partial charge in [-0.3, -0.25) is 4.79 Å². The van der Waals surface area contributed by atoms with E-state index in [4.69, 9.17) is 10.5 Å². The van der Waals surface area contributed by atoms with E-state index in [0.717, 1.165) is 18.6 Å². The maximum atomic E-state index is 12.3. The summed E-state index contributed by atoms with van der Waals surface area (Å²) < 4.78 is 5.62. The second-order valence-electron chi connectivity index (χ2n) is 4.68. The highest BCUT2D eigenvalue weighted by molar-refractivity contribution is 6.09. The zero-order valence-corrected chi connectivity index (χ0v) is 11.6. The molecule has 0 fully saturated rings. The Morgan fingerprint density at radius 3 is 2.55 bits per heavy atom. The Kier molecular flexibility index (Phi) is 4.77. The van der Waals surface area contributed by atoms with Gasteiger partial charge in [0.25, 0.3) is 0 Å². The average molecular weight is 269 g/mol. The molecule has 0 saturated carbocycles.